The first-order valence-electron chi connectivity index (χ1n) is 7.28. The Labute approximate surface area is 138 Å². The van der Waals surface area contributed by atoms with Gasteiger partial charge in [0.1, 0.15) is 5.75 Å². The van der Waals surface area contributed by atoms with Crippen LogP contribution >= 0.6 is 0 Å². The van der Waals surface area contributed by atoms with Crippen molar-refractivity contribution in [1.29, 1.82) is 0 Å². The lowest BCUT2D eigenvalue weighted by Gasteiger charge is -2.12. The summed E-state index contributed by atoms with van der Waals surface area (Å²) in [5.41, 5.74) is 3.64. The minimum absolute atomic E-state index is 0.154. The van der Waals surface area contributed by atoms with E-state index in [1.165, 1.54) is 12.5 Å². The van der Waals surface area contributed by atoms with Gasteiger partial charge < -0.3 is 20.2 Å². The number of phenols is 1. The van der Waals surface area contributed by atoms with Crippen LogP contribution in [-0.2, 0) is 0 Å². The van der Waals surface area contributed by atoms with E-state index in [0.29, 0.717) is 22.8 Å². The summed E-state index contributed by atoms with van der Waals surface area (Å²) in [7, 11) is 0. The number of nitrogens with one attached hydrogen (secondary N) is 2. The molecule has 0 radical (unpaired) electrons. The van der Waals surface area contributed by atoms with Gasteiger partial charge in [-0.15, -0.1) is 10.2 Å². The van der Waals surface area contributed by atoms with Crippen molar-refractivity contribution in [2.24, 2.45) is 0 Å². The minimum Gasteiger partial charge on any atom is -0.508 e. The molecule has 7 nitrogen and oxygen atoms in total. The van der Waals surface area contributed by atoms with E-state index in [1.54, 1.807) is 25.1 Å². The number of hydrogen-bond acceptors (Lipinski definition) is 5. The zero-order valence-corrected chi connectivity index (χ0v) is 13.2. The highest BCUT2D eigenvalue weighted by atomic mass is 16.4. The highest BCUT2D eigenvalue weighted by Crippen LogP contribution is 2.25. The Morgan fingerprint density at radius 3 is 2.54 bits per heavy atom. The van der Waals surface area contributed by atoms with Crippen molar-refractivity contribution in [2.45, 2.75) is 13.8 Å². The van der Waals surface area contributed by atoms with Gasteiger partial charge in [0.05, 0.1) is 0 Å². The molecule has 0 saturated heterocycles. The van der Waals surface area contributed by atoms with Crippen molar-refractivity contribution in [2.75, 3.05) is 10.6 Å². The zero-order chi connectivity index (χ0) is 17.1. The highest BCUT2D eigenvalue weighted by molar-refractivity contribution is 6.01. The molecule has 0 aliphatic carbocycles. The minimum atomic E-state index is -0.380. The number of carbonyl (C=O) groups is 1. The van der Waals surface area contributed by atoms with Gasteiger partial charge >= 0.3 is 6.03 Å². The summed E-state index contributed by atoms with van der Waals surface area (Å²) in [5, 5.41) is 22.5. The molecule has 0 aliphatic heterocycles. The van der Waals surface area contributed by atoms with Crippen molar-refractivity contribution in [3.63, 3.8) is 0 Å². The van der Waals surface area contributed by atoms with Crippen molar-refractivity contribution >= 4 is 17.4 Å². The first kappa shape index (κ1) is 15.5. The number of amides is 2. The van der Waals surface area contributed by atoms with E-state index in [-0.39, 0.29) is 11.8 Å². The normalized spacial score (nSPS) is 10.4. The molecule has 2 amide bonds. The number of nitrogens with zero attached hydrogens (tertiary/aromatic N) is 2. The van der Waals surface area contributed by atoms with E-state index in [2.05, 4.69) is 20.8 Å². The number of aromatic nitrogens is 2. The molecule has 0 spiro atoms. The molecule has 0 saturated carbocycles. The van der Waals surface area contributed by atoms with E-state index in [4.69, 9.17) is 4.42 Å². The molecule has 7 heteroatoms. The van der Waals surface area contributed by atoms with E-state index in [0.717, 1.165) is 11.1 Å². The molecule has 3 rings (SSSR count). The fourth-order valence-corrected chi connectivity index (χ4v) is 2.25. The Hall–Kier alpha value is -3.35. The van der Waals surface area contributed by atoms with Gasteiger partial charge in [0, 0.05) is 16.9 Å². The summed E-state index contributed by atoms with van der Waals surface area (Å²) in [4.78, 5) is 12.2. The van der Waals surface area contributed by atoms with Gasteiger partial charge in [-0.25, -0.2) is 4.79 Å². The Bertz CT molecular complexity index is 876. The summed E-state index contributed by atoms with van der Waals surface area (Å²) < 4.78 is 5.17. The van der Waals surface area contributed by atoms with Crippen molar-refractivity contribution in [3.05, 3.63) is 53.9 Å². The maximum Gasteiger partial charge on any atom is 0.323 e. The first-order valence-corrected chi connectivity index (χ1v) is 7.28. The van der Waals surface area contributed by atoms with Crippen LogP contribution in [0.15, 0.2) is 47.2 Å². The van der Waals surface area contributed by atoms with Gasteiger partial charge in [-0.1, -0.05) is 6.07 Å². The summed E-state index contributed by atoms with van der Waals surface area (Å²) in [6, 6.07) is 9.84. The van der Waals surface area contributed by atoms with Crippen LogP contribution in [0.25, 0.3) is 11.5 Å². The molecule has 3 aromatic rings. The van der Waals surface area contributed by atoms with Gasteiger partial charge in [0.2, 0.25) is 12.3 Å². The van der Waals surface area contributed by atoms with Gasteiger partial charge in [-0.05, 0) is 55.3 Å². The molecule has 2 aromatic carbocycles. The summed E-state index contributed by atoms with van der Waals surface area (Å²) in [6.45, 7) is 3.69. The monoisotopic (exact) mass is 324 g/mol. The molecule has 0 bridgehead atoms. The predicted octanol–water partition coefficient (Wildman–Crippen LogP) is 3.70. The third kappa shape index (κ3) is 3.35. The Balaban J connectivity index is 1.77. The van der Waals surface area contributed by atoms with E-state index in [9.17, 15) is 9.90 Å². The molecule has 1 aromatic heterocycles. The number of anilines is 2. The second-order valence-corrected chi connectivity index (χ2v) is 5.35. The van der Waals surface area contributed by atoms with Crippen LogP contribution in [0.4, 0.5) is 16.2 Å². The standard InChI is InChI=1S/C17H16N4O3/c1-10-3-4-12(16-21-18-9-24-16)8-15(10)20-17(23)19-14-6-5-13(22)7-11(14)2/h3-9,22H,1-2H3,(H2,19,20,23). The quantitative estimate of drug-likeness (QED) is 0.638. The highest BCUT2D eigenvalue weighted by Gasteiger charge is 2.10. The van der Waals surface area contributed by atoms with Crippen molar-refractivity contribution in [3.8, 4) is 17.2 Å². The molecule has 122 valence electrons. The number of rotatable bonds is 3. The summed E-state index contributed by atoms with van der Waals surface area (Å²) in [6.07, 6.45) is 1.25. The lowest BCUT2D eigenvalue weighted by atomic mass is 10.1. The number of urea groups is 1. The zero-order valence-electron chi connectivity index (χ0n) is 13.2. The third-order valence-corrected chi connectivity index (χ3v) is 3.55. The van der Waals surface area contributed by atoms with Gasteiger partial charge in [0.25, 0.3) is 0 Å². The molecule has 0 fully saturated rings. The number of carbonyl (C=O) groups excluding carboxylic acids is 1. The molecule has 24 heavy (non-hydrogen) atoms. The molecular weight excluding hydrogens is 308 g/mol. The average molecular weight is 324 g/mol. The van der Waals surface area contributed by atoms with Crippen LogP contribution in [0.1, 0.15) is 11.1 Å². The van der Waals surface area contributed by atoms with Crippen LogP contribution in [0.2, 0.25) is 0 Å². The van der Waals surface area contributed by atoms with Gasteiger partial charge in [-0.3, -0.25) is 0 Å². The fourth-order valence-electron chi connectivity index (χ4n) is 2.25. The SMILES string of the molecule is Cc1cc(O)ccc1NC(=O)Nc1cc(-c2nnco2)ccc1C. The number of aryl methyl sites for hydroxylation is 2. The molecular formula is C17H16N4O3. The van der Waals surface area contributed by atoms with Crippen molar-refractivity contribution < 1.29 is 14.3 Å². The number of benzene rings is 2. The summed E-state index contributed by atoms with van der Waals surface area (Å²) >= 11 is 0. The second kappa shape index (κ2) is 6.41. The number of phenolic OH excluding ortho intramolecular Hbond substituents is 1. The van der Waals surface area contributed by atoms with Gasteiger partial charge in [-0.2, -0.15) is 0 Å². The number of hydrogen-bond donors (Lipinski definition) is 3. The van der Waals surface area contributed by atoms with Crippen LogP contribution in [0.5, 0.6) is 5.75 Å². The molecule has 1 heterocycles. The summed E-state index contributed by atoms with van der Waals surface area (Å²) in [5.74, 6) is 0.536. The second-order valence-electron chi connectivity index (χ2n) is 5.35. The van der Waals surface area contributed by atoms with E-state index in [1.807, 2.05) is 19.1 Å². The van der Waals surface area contributed by atoms with Crippen LogP contribution < -0.4 is 10.6 Å². The first-order chi connectivity index (χ1) is 11.5. The molecule has 0 atom stereocenters. The lowest BCUT2D eigenvalue weighted by Crippen LogP contribution is -2.20. The van der Waals surface area contributed by atoms with E-state index < -0.39 is 0 Å². The smallest absolute Gasteiger partial charge is 0.323 e. The van der Waals surface area contributed by atoms with Crippen molar-refractivity contribution in [1.82, 2.24) is 10.2 Å². The van der Waals surface area contributed by atoms with Gasteiger partial charge in [0.15, 0.2) is 0 Å². The molecule has 0 unspecified atom stereocenters. The lowest BCUT2D eigenvalue weighted by molar-refractivity contribution is 0.262. The largest absolute Gasteiger partial charge is 0.508 e. The molecule has 3 N–H and O–H groups in total. The maximum atomic E-state index is 12.2. The molecule has 0 aliphatic rings. The van der Waals surface area contributed by atoms with Crippen LogP contribution in [-0.4, -0.2) is 21.3 Å². The number of aromatic hydroxyl groups is 1. The Morgan fingerprint density at radius 2 is 1.83 bits per heavy atom. The van der Waals surface area contributed by atoms with E-state index >= 15 is 0 Å². The van der Waals surface area contributed by atoms with Crippen LogP contribution in [0.3, 0.4) is 0 Å². The average Bonchev–Trinajstić information content (AvgIpc) is 3.07. The third-order valence-electron chi connectivity index (χ3n) is 3.55. The topological polar surface area (TPSA) is 100 Å². The predicted molar refractivity (Wildman–Crippen MR) is 90.0 cm³/mol. The maximum absolute atomic E-state index is 12.2. The Morgan fingerprint density at radius 1 is 1.04 bits per heavy atom. The Kier molecular flexibility index (Phi) is 4.15. The van der Waals surface area contributed by atoms with Crippen LogP contribution in [0, 0.1) is 13.8 Å². The fraction of sp³-hybridized carbons (Fsp3) is 0.118.